The van der Waals surface area contributed by atoms with Crippen LogP contribution in [0.3, 0.4) is 0 Å². The number of thiazole rings is 1. The standard InChI is InChI=1S/C16H15N3O2S2/c1-10-9-22-15(17-10)18-16-19(2)14(20)13(23-16)8-11-5-4-6-12(7-11)21-3/h4-9H,1-3H3/b13-8-,18-16+. The number of nitrogens with zero attached hydrogens (tertiary/aromatic N) is 3. The van der Waals surface area contributed by atoms with E-state index < -0.39 is 0 Å². The van der Waals surface area contributed by atoms with E-state index in [1.807, 2.05) is 42.6 Å². The van der Waals surface area contributed by atoms with Crippen LogP contribution in [0, 0.1) is 6.92 Å². The Morgan fingerprint density at radius 2 is 2.22 bits per heavy atom. The summed E-state index contributed by atoms with van der Waals surface area (Å²) in [4.78, 5) is 23.3. The maximum atomic E-state index is 12.4. The molecule has 118 valence electrons. The molecule has 2 heterocycles. The third-order valence-electron chi connectivity index (χ3n) is 3.19. The van der Waals surface area contributed by atoms with Gasteiger partial charge in [-0.1, -0.05) is 12.1 Å². The molecule has 1 saturated heterocycles. The van der Waals surface area contributed by atoms with E-state index in [9.17, 15) is 4.79 Å². The number of aryl methyl sites for hydroxylation is 1. The predicted octanol–water partition coefficient (Wildman–Crippen LogP) is 3.69. The molecule has 5 nitrogen and oxygen atoms in total. The van der Waals surface area contributed by atoms with Gasteiger partial charge in [0.05, 0.1) is 17.7 Å². The highest BCUT2D eigenvalue weighted by Gasteiger charge is 2.30. The zero-order valence-electron chi connectivity index (χ0n) is 12.9. The minimum atomic E-state index is -0.0650. The average molecular weight is 345 g/mol. The van der Waals surface area contributed by atoms with Crippen LogP contribution in [0.5, 0.6) is 5.75 Å². The Kier molecular flexibility index (Phi) is 4.49. The fourth-order valence-corrected chi connectivity index (χ4v) is 3.70. The third kappa shape index (κ3) is 3.46. The topological polar surface area (TPSA) is 54.8 Å². The lowest BCUT2D eigenvalue weighted by molar-refractivity contribution is -0.121. The van der Waals surface area contributed by atoms with Crippen molar-refractivity contribution in [2.24, 2.45) is 4.99 Å². The molecule has 1 aromatic heterocycles. The highest BCUT2D eigenvalue weighted by molar-refractivity contribution is 8.18. The molecule has 0 radical (unpaired) electrons. The van der Waals surface area contributed by atoms with Gasteiger partial charge >= 0.3 is 0 Å². The van der Waals surface area contributed by atoms with Gasteiger partial charge in [-0.3, -0.25) is 9.69 Å². The molecule has 2 aromatic rings. The Morgan fingerprint density at radius 3 is 2.91 bits per heavy atom. The first-order valence-electron chi connectivity index (χ1n) is 6.89. The number of carbonyl (C=O) groups is 1. The summed E-state index contributed by atoms with van der Waals surface area (Å²) in [6, 6.07) is 7.59. The number of hydrogen-bond donors (Lipinski definition) is 0. The molecule has 0 spiro atoms. The average Bonchev–Trinajstić information content (AvgIpc) is 3.07. The number of thioether (sulfide) groups is 1. The first-order chi connectivity index (χ1) is 11.1. The SMILES string of the molecule is COc1cccc(/C=C2\S/C(=N/c3nc(C)cs3)N(C)C2=O)c1. The van der Waals surface area contributed by atoms with E-state index in [4.69, 9.17) is 4.74 Å². The lowest BCUT2D eigenvalue weighted by Gasteiger charge is -2.05. The van der Waals surface area contributed by atoms with Crippen LogP contribution in [0.2, 0.25) is 0 Å². The maximum absolute atomic E-state index is 12.4. The van der Waals surface area contributed by atoms with E-state index in [2.05, 4.69) is 9.98 Å². The zero-order valence-corrected chi connectivity index (χ0v) is 14.6. The van der Waals surface area contributed by atoms with Crippen molar-refractivity contribution in [3.63, 3.8) is 0 Å². The Labute approximate surface area is 142 Å². The van der Waals surface area contributed by atoms with Crippen LogP contribution in [0.1, 0.15) is 11.3 Å². The molecule has 7 heteroatoms. The number of aromatic nitrogens is 1. The summed E-state index contributed by atoms with van der Waals surface area (Å²) in [6.07, 6.45) is 1.85. The number of benzene rings is 1. The van der Waals surface area contributed by atoms with Gasteiger partial charge in [-0.25, -0.2) is 4.98 Å². The van der Waals surface area contributed by atoms with Gasteiger partial charge in [0.2, 0.25) is 5.13 Å². The van der Waals surface area contributed by atoms with Gasteiger partial charge < -0.3 is 4.74 Å². The second-order valence-electron chi connectivity index (χ2n) is 4.92. The second-order valence-corrected chi connectivity index (χ2v) is 6.76. The van der Waals surface area contributed by atoms with Gasteiger partial charge in [0, 0.05) is 12.4 Å². The van der Waals surface area contributed by atoms with E-state index in [-0.39, 0.29) is 5.91 Å². The lowest BCUT2D eigenvalue weighted by Crippen LogP contribution is -2.23. The van der Waals surface area contributed by atoms with Gasteiger partial charge in [-0.15, -0.1) is 11.3 Å². The van der Waals surface area contributed by atoms with E-state index in [0.717, 1.165) is 17.0 Å². The maximum Gasteiger partial charge on any atom is 0.266 e. The van der Waals surface area contributed by atoms with Crippen molar-refractivity contribution in [1.29, 1.82) is 0 Å². The number of ether oxygens (including phenoxy) is 1. The number of carbonyl (C=O) groups excluding carboxylic acids is 1. The number of rotatable bonds is 3. The van der Waals surface area contributed by atoms with Gasteiger partial charge in [-0.2, -0.15) is 4.99 Å². The summed E-state index contributed by atoms with van der Waals surface area (Å²) in [7, 11) is 3.34. The molecule has 1 aliphatic heterocycles. The first-order valence-corrected chi connectivity index (χ1v) is 8.59. The van der Waals surface area contributed by atoms with Crippen molar-refractivity contribution in [1.82, 2.24) is 9.88 Å². The summed E-state index contributed by atoms with van der Waals surface area (Å²) in [6.45, 7) is 1.92. The number of amides is 1. The Morgan fingerprint density at radius 1 is 1.39 bits per heavy atom. The van der Waals surface area contributed by atoms with Gasteiger partial charge in [0.25, 0.3) is 5.91 Å². The van der Waals surface area contributed by atoms with Crippen LogP contribution >= 0.6 is 23.1 Å². The number of likely N-dealkylation sites (N-methyl/N-ethyl adjacent to an activating group) is 1. The van der Waals surface area contributed by atoms with Crippen molar-refractivity contribution in [2.45, 2.75) is 6.92 Å². The highest BCUT2D eigenvalue weighted by atomic mass is 32.2. The van der Waals surface area contributed by atoms with Crippen molar-refractivity contribution < 1.29 is 9.53 Å². The Balaban J connectivity index is 1.88. The molecule has 1 aromatic carbocycles. The quantitative estimate of drug-likeness (QED) is 0.796. The largest absolute Gasteiger partial charge is 0.497 e. The summed E-state index contributed by atoms with van der Waals surface area (Å²) in [5, 5.41) is 3.24. The van der Waals surface area contributed by atoms with Crippen LogP contribution < -0.4 is 4.74 Å². The number of aliphatic imine (C=N–C) groups is 1. The smallest absolute Gasteiger partial charge is 0.266 e. The van der Waals surface area contributed by atoms with Crippen molar-refractivity contribution in [3.8, 4) is 5.75 Å². The number of hydrogen-bond acceptors (Lipinski definition) is 6. The zero-order chi connectivity index (χ0) is 16.4. The fraction of sp³-hybridized carbons (Fsp3) is 0.188. The van der Waals surface area contributed by atoms with E-state index >= 15 is 0 Å². The first kappa shape index (κ1) is 15.8. The molecule has 0 bridgehead atoms. The van der Waals surface area contributed by atoms with Crippen molar-refractivity contribution in [3.05, 3.63) is 45.8 Å². The molecule has 23 heavy (non-hydrogen) atoms. The van der Waals surface area contributed by atoms with E-state index in [1.54, 1.807) is 19.1 Å². The second kappa shape index (κ2) is 6.55. The molecule has 1 fully saturated rings. The predicted molar refractivity (Wildman–Crippen MR) is 95.3 cm³/mol. The number of amidine groups is 1. The minimum Gasteiger partial charge on any atom is -0.497 e. The summed E-state index contributed by atoms with van der Waals surface area (Å²) in [5.74, 6) is 0.695. The molecule has 1 amide bonds. The third-order valence-corrected chi connectivity index (χ3v) is 5.11. The summed E-state index contributed by atoms with van der Waals surface area (Å²) in [5.41, 5.74) is 1.85. The van der Waals surface area contributed by atoms with Crippen LogP contribution in [-0.2, 0) is 4.79 Å². The monoisotopic (exact) mass is 345 g/mol. The van der Waals surface area contributed by atoms with E-state index in [1.165, 1.54) is 23.1 Å². The molecular formula is C16H15N3O2S2. The molecule has 0 N–H and O–H groups in total. The molecule has 0 saturated carbocycles. The van der Waals surface area contributed by atoms with Gasteiger partial charge in [0.1, 0.15) is 5.75 Å². The van der Waals surface area contributed by atoms with Gasteiger partial charge in [0.15, 0.2) is 5.17 Å². The normalized spacial score (nSPS) is 18.2. The van der Waals surface area contributed by atoms with Crippen molar-refractivity contribution >= 4 is 45.4 Å². The fourth-order valence-electron chi connectivity index (χ4n) is 2.01. The number of methoxy groups -OCH3 is 1. The minimum absolute atomic E-state index is 0.0650. The summed E-state index contributed by atoms with van der Waals surface area (Å²) >= 11 is 2.82. The highest BCUT2D eigenvalue weighted by Crippen LogP contribution is 2.34. The molecule has 1 aliphatic rings. The molecule has 0 unspecified atom stereocenters. The van der Waals surface area contributed by atoms with Crippen LogP contribution in [-0.4, -0.2) is 35.1 Å². The van der Waals surface area contributed by atoms with Crippen LogP contribution in [0.25, 0.3) is 6.08 Å². The van der Waals surface area contributed by atoms with Gasteiger partial charge in [-0.05, 0) is 42.5 Å². The Bertz CT molecular complexity index is 811. The molecule has 0 atom stereocenters. The molecular weight excluding hydrogens is 330 g/mol. The lowest BCUT2D eigenvalue weighted by atomic mass is 10.2. The van der Waals surface area contributed by atoms with Crippen LogP contribution in [0.15, 0.2) is 39.5 Å². The summed E-state index contributed by atoms with van der Waals surface area (Å²) < 4.78 is 5.21. The van der Waals surface area contributed by atoms with Crippen molar-refractivity contribution in [2.75, 3.05) is 14.2 Å². The molecule has 3 rings (SSSR count). The van der Waals surface area contributed by atoms with E-state index in [0.29, 0.717) is 15.2 Å². The van der Waals surface area contributed by atoms with Crippen LogP contribution in [0.4, 0.5) is 5.13 Å². The molecule has 0 aliphatic carbocycles. The Hall–Kier alpha value is -2.12.